The summed E-state index contributed by atoms with van der Waals surface area (Å²) in [6, 6.07) is 5.53. The summed E-state index contributed by atoms with van der Waals surface area (Å²) in [4.78, 5) is 0. The summed E-state index contributed by atoms with van der Waals surface area (Å²) in [5.41, 5.74) is 0.158. The van der Waals surface area contributed by atoms with Gasteiger partial charge in [-0.25, -0.2) is 0 Å². The second-order valence-electron chi connectivity index (χ2n) is 5.22. The lowest BCUT2D eigenvalue weighted by Gasteiger charge is -2.31. The number of ether oxygens (including phenoxy) is 1. The first-order valence-corrected chi connectivity index (χ1v) is 6.95. The molecule has 0 aliphatic heterocycles. The van der Waals surface area contributed by atoms with Crippen molar-refractivity contribution in [1.82, 2.24) is 5.32 Å². The molecule has 2 atom stereocenters. The first-order chi connectivity index (χ1) is 9.50. The molecule has 1 fully saturated rings. The van der Waals surface area contributed by atoms with Crippen LogP contribution in [0.25, 0.3) is 0 Å². The third-order valence-corrected chi connectivity index (χ3v) is 3.82. The van der Waals surface area contributed by atoms with Gasteiger partial charge in [0.05, 0.1) is 18.3 Å². The molecule has 1 saturated carbocycles. The monoisotopic (exact) mass is 287 g/mol. The Morgan fingerprint density at radius 1 is 1.15 bits per heavy atom. The molecule has 0 heterocycles. The molecule has 0 amide bonds. The fourth-order valence-electron chi connectivity index (χ4n) is 2.62. The van der Waals surface area contributed by atoms with Crippen molar-refractivity contribution in [3.8, 4) is 0 Å². The van der Waals surface area contributed by atoms with Crippen molar-refractivity contribution in [2.24, 2.45) is 0 Å². The Hall–Kier alpha value is -1.07. The molecule has 1 N–H and O–H groups in total. The number of benzene rings is 1. The molecule has 0 radical (unpaired) electrons. The van der Waals surface area contributed by atoms with Gasteiger partial charge in [-0.2, -0.15) is 13.2 Å². The highest BCUT2D eigenvalue weighted by molar-refractivity contribution is 5.24. The fraction of sp³-hybridized carbons (Fsp3) is 0.600. The Balaban J connectivity index is 1.90. The van der Waals surface area contributed by atoms with Gasteiger partial charge in [-0.15, -0.1) is 0 Å². The van der Waals surface area contributed by atoms with Gasteiger partial charge in [-0.05, 0) is 37.6 Å². The zero-order chi connectivity index (χ0) is 14.6. The van der Waals surface area contributed by atoms with Gasteiger partial charge in [-0.3, -0.25) is 0 Å². The van der Waals surface area contributed by atoms with E-state index in [0.717, 1.165) is 37.0 Å². The third kappa shape index (κ3) is 3.96. The molecule has 5 heteroatoms. The van der Waals surface area contributed by atoms with E-state index in [9.17, 15) is 13.2 Å². The number of hydrogen-bond donors (Lipinski definition) is 1. The van der Waals surface area contributed by atoms with Crippen LogP contribution in [0.5, 0.6) is 0 Å². The molecule has 1 aliphatic carbocycles. The Morgan fingerprint density at radius 3 is 2.40 bits per heavy atom. The van der Waals surface area contributed by atoms with Crippen molar-refractivity contribution in [3.05, 3.63) is 35.4 Å². The number of nitrogens with one attached hydrogen (secondary N) is 1. The van der Waals surface area contributed by atoms with Crippen LogP contribution in [0.3, 0.4) is 0 Å². The number of likely N-dealkylation sites (N-methyl/N-ethyl adjacent to an activating group) is 1. The van der Waals surface area contributed by atoms with E-state index >= 15 is 0 Å². The van der Waals surface area contributed by atoms with Gasteiger partial charge in [0.15, 0.2) is 0 Å². The van der Waals surface area contributed by atoms with E-state index in [1.165, 1.54) is 18.6 Å². The first-order valence-electron chi connectivity index (χ1n) is 6.95. The second kappa shape index (κ2) is 6.59. The molecule has 1 aromatic carbocycles. The number of halogens is 3. The normalized spacial score (nSPS) is 23.8. The quantitative estimate of drug-likeness (QED) is 0.910. The summed E-state index contributed by atoms with van der Waals surface area (Å²) in [5.74, 6) is 0. The molecule has 1 aromatic rings. The molecular weight excluding hydrogens is 267 g/mol. The number of rotatable bonds is 4. The van der Waals surface area contributed by atoms with Gasteiger partial charge < -0.3 is 10.1 Å². The smallest absolute Gasteiger partial charge is 0.372 e. The van der Waals surface area contributed by atoms with Gasteiger partial charge >= 0.3 is 6.18 Å². The number of hydrogen-bond acceptors (Lipinski definition) is 2. The summed E-state index contributed by atoms with van der Waals surface area (Å²) in [6.45, 7) is 0.362. The molecular formula is C15H20F3NO. The van der Waals surface area contributed by atoms with Crippen LogP contribution in [-0.4, -0.2) is 19.2 Å². The predicted molar refractivity (Wildman–Crippen MR) is 71.3 cm³/mol. The molecule has 20 heavy (non-hydrogen) atoms. The zero-order valence-electron chi connectivity index (χ0n) is 11.5. The van der Waals surface area contributed by atoms with E-state index in [4.69, 9.17) is 4.74 Å². The first kappa shape index (κ1) is 15.3. The molecule has 0 spiro atoms. The topological polar surface area (TPSA) is 21.3 Å². The Kier molecular flexibility index (Phi) is 5.05. The average Bonchev–Trinajstić information content (AvgIpc) is 2.45. The molecule has 2 nitrogen and oxygen atoms in total. The minimum absolute atomic E-state index is 0.149. The highest BCUT2D eigenvalue weighted by Crippen LogP contribution is 2.29. The van der Waals surface area contributed by atoms with Gasteiger partial charge in [0.25, 0.3) is 0 Å². The minimum atomic E-state index is -4.28. The van der Waals surface area contributed by atoms with Crippen molar-refractivity contribution in [2.45, 2.75) is 50.6 Å². The maximum atomic E-state index is 12.5. The Morgan fingerprint density at radius 2 is 1.80 bits per heavy atom. The molecule has 2 rings (SSSR count). The highest BCUT2D eigenvalue weighted by atomic mass is 19.4. The lowest BCUT2D eigenvalue weighted by molar-refractivity contribution is -0.137. The van der Waals surface area contributed by atoms with Crippen molar-refractivity contribution >= 4 is 0 Å². The minimum Gasteiger partial charge on any atom is -0.372 e. The van der Waals surface area contributed by atoms with Crippen molar-refractivity contribution in [1.29, 1.82) is 0 Å². The average molecular weight is 287 g/mol. The molecule has 0 saturated heterocycles. The second-order valence-corrected chi connectivity index (χ2v) is 5.22. The van der Waals surface area contributed by atoms with Crippen LogP contribution in [0.2, 0.25) is 0 Å². The predicted octanol–water partition coefficient (Wildman–Crippen LogP) is 3.75. The fourth-order valence-corrected chi connectivity index (χ4v) is 2.62. The zero-order valence-corrected chi connectivity index (χ0v) is 11.5. The van der Waals surface area contributed by atoms with Crippen LogP contribution in [0, 0.1) is 0 Å². The summed E-state index contributed by atoms with van der Waals surface area (Å²) in [6.07, 6.45) is 0.318. The van der Waals surface area contributed by atoms with E-state index in [2.05, 4.69) is 5.32 Å². The number of alkyl halides is 3. The van der Waals surface area contributed by atoms with Crippen LogP contribution in [0.15, 0.2) is 24.3 Å². The summed E-state index contributed by atoms with van der Waals surface area (Å²) >= 11 is 0. The van der Waals surface area contributed by atoms with E-state index < -0.39 is 11.7 Å². The summed E-state index contributed by atoms with van der Waals surface area (Å²) < 4.78 is 43.2. The lowest BCUT2D eigenvalue weighted by atomic mass is 9.92. The van der Waals surface area contributed by atoms with Crippen LogP contribution in [-0.2, 0) is 17.5 Å². The largest absolute Gasteiger partial charge is 0.416 e. The summed E-state index contributed by atoms with van der Waals surface area (Å²) in [7, 11) is 1.92. The van der Waals surface area contributed by atoms with Crippen molar-refractivity contribution in [2.75, 3.05) is 7.05 Å². The van der Waals surface area contributed by atoms with Gasteiger partial charge in [-0.1, -0.05) is 25.0 Å². The van der Waals surface area contributed by atoms with E-state index in [1.807, 2.05) is 7.05 Å². The van der Waals surface area contributed by atoms with Crippen LogP contribution < -0.4 is 5.32 Å². The maximum absolute atomic E-state index is 12.5. The van der Waals surface area contributed by atoms with Gasteiger partial charge in [0.1, 0.15) is 0 Å². The third-order valence-electron chi connectivity index (χ3n) is 3.82. The van der Waals surface area contributed by atoms with E-state index in [0.29, 0.717) is 12.6 Å². The Labute approximate surface area is 117 Å². The molecule has 1 aliphatic rings. The van der Waals surface area contributed by atoms with E-state index in [1.54, 1.807) is 0 Å². The Bertz CT molecular complexity index is 416. The maximum Gasteiger partial charge on any atom is 0.416 e. The molecule has 112 valence electrons. The highest BCUT2D eigenvalue weighted by Gasteiger charge is 2.30. The SMILES string of the molecule is CNC1CCCCC1OCc1ccc(C(F)(F)F)cc1. The van der Waals surface area contributed by atoms with Crippen LogP contribution in [0.4, 0.5) is 13.2 Å². The van der Waals surface area contributed by atoms with Crippen LogP contribution in [0.1, 0.15) is 36.8 Å². The van der Waals surface area contributed by atoms with E-state index in [-0.39, 0.29) is 6.10 Å². The molecule has 2 unspecified atom stereocenters. The molecule has 0 bridgehead atoms. The molecule has 0 aromatic heterocycles. The summed E-state index contributed by atoms with van der Waals surface area (Å²) in [5, 5.41) is 3.25. The van der Waals surface area contributed by atoms with Gasteiger partial charge in [0.2, 0.25) is 0 Å². The lowest BCUT2D eigenvalue weighted by Crippen LogP contribution is -2.41. The van der Waals surface area contributed by atoms with Crippen LogP contribution >= 0.6 is 0 Å². The van der Waals surface area contributed by atoms with Gasteiger partial charge in [0, 0.05) is 6.04 Å². The van der Waals surface area contributed by atoms with Crippen molar-refractivity contribution < 1.29 is 17.9 Å². The standard InChI is InChI=1S/C15H20F3NO/c1-19-13-4-2-3-5-14(13)20-10-11-6-8-12(9-7-11)15(16,17)18/h6-9,13-14,19H,2-5,10H2,1H3. The van der Waals surface area contributed by atoms with Crippen molar-refractivity contribution in [3.63, 3.8) is 0 Å².